The minimum atomic E-state index is -0.478. The van der Waals surface area contributed by atoms with Gasteiger partial charge in [0, 0.05) is 0 Å². The van der Waals surface area contributed by atoms with Crippen molar-refractivity contribution in [2.45, 2.75) is 19.3 Å². The van der Waals surface area contributed by atoms with Gasteiger partial charge in [0.05, 0.1) is 11.5 Å². The van der Waals surface area contributed by atoms with Gasteiger partial charge in [-0.3, -0.25) is 0 Å². The maximum absolute atomic E-state index is 9.01. The molecule has 0 aliphatic carbocycles. The summed E-state index contributed by atoms with van der Waals surface area (Å²) in [5.41, 5.74) is 0.441. The number of hydrogen-bond acceptors (Lipinski definition) is 2. The Hall–Kier alpha value is -1.49. The molecule has 2 nitrogen and oxygen atoms in total. The highest BCUT2D eigenvalue weighted by Crippen LogP contribution is 2.23. The van der Waals surface area contributed by atoms with Crippen molar-refractivity contribution >= 4 is 0 Å². The quantitative estimate of drug-likeness (QED) is 0.686. The first-order chi connectivity index (χ1) is 5.56. The second kappa shape index (κ2) is 2.86. The molecule has 0 aliphatic heterocycles. The summed E-state index contributed by atoms with van der Waals surface area (Å²) >= 11 is 0. The molecule has 12 heavy (non-hydrogen) atoms. The van der Waals surface area contributed by atoms with E-state index in [1.165, 1.54) is 0 Å². The SMILES string of the molecule is CC(C)(C#N)c1ccc(O)cc1. The molecule has 0 heterocycles. The molecule has 1 aromatic carbocycles. The molecule has 0 aliphatic rings. The van der Waals surface area contributed by atoms with Crippen LogP contribution < -0.4 is 0 Å². The molecule has 0 amide bonds. The summed E-state index contributed by atoms with van der Waals surface area (Å²) in [5, 5.41) is 17.8. The molecular weight excluding hydrogens is 150 g/mol. The largest absolute Gasteiger partial charge is 0.508 e. The van der Waals surface area contributed by atoms with Gasteiger partial charge in [0.2, 0.25) is 0 Å². The summed E-state index contributed by atoms with van der Waals surface area (Å²) < 4.78 is 0. The summed E-state index contributed by atoms with van der Waals surface area (Å²) in [7, 11) is 0. The number of benzene rings is 1. The van der Waals surface area contributed by atoms with Crippen LogP contribution in [0.5, 0.6) is 5.75 Å². The first kappa shape index (κ1) is 8.61. The van der Waals surface area contributed by atoms with Crippen LogP contribution in [0.2, 0.25) is 0 Å². The van der Waals surface area contributed by atoms with Gasteiger partial charge in [-0.15, -0.1) is 0 Å². The van der Waals surface area contributed by atoms with Crippen LogP contribution in [0.15, 0.2) is 24.3 Å². The number of nitriles is 1. The van der Waals surface area contributed by atoms with E-state index >= 15 is 0 Å². The van der Waals surface area contributed by atoms with Gasteiger partial charge in [-0.05, 0) is 31.5 Å². The van der Waals surface area contributed by atoms with Gasteiger partial charge in [-0.25, -0.2) is 0 Å². The zero-order valence-electron chi connectivity index (χ0n) is 7.20. The third kappa shape index (κ3) is 1.57. The third-order valence-corrected chi connectivity index (χ3v) is 1.87. The molecular formula is C10H11NO. The van der Waals surface area contributed by atoms with Crippen LogP contribution >= 0.6 is 0 Å². The van der Waals surface area contributed by atoms with Crippen molar-refractivity contribution in [1.29, 1.82) is 5.26 Å². The van der Waals surface area contributed by atoms with E-state index in [0.717, 1.165) is 5.56 Å². The number of phenolic OH excluding ortho intramolecular Hbond substituents is 1. The summed E-state index contributed by atoms with van der Waals surface area (Å²) in [6, 6.07) is 8.90. The van der Waals surface area contributed by atoms with Gasteiger partial charge in [0.25, 0.3) is 0 Å². The van der Waals surface area contributed by atoms with E-state index in [9.17, 15) is 0 Å². The fraction of sp³-hybridized carbons (Fsp3) is 0.300. The molecule has 62 valence electrons. The molecule has 0 aromatic heterocycles. The van der Waals surface area contributed by atoms with Crippen molar-refractivity contribution in [2.75, 3.05) is 0 Å². The van der Waals surface area contributed by atoms with Crippen molar-refractivity contribution in [2.24, 2.45) is 0 Å². The van der Waals surface area contributed by atoms with Gasteiger partial charge in [-0.2, -0.15) is 5.26 Å². The lowest BCUT2D eigenvalue weighted by atomic mass is 9.86. The van der Waals surface area contributed by atoms with E-state index in [1.54, 1.807) is 24.3 Å². The van der Waals surface area contributed by atoms with Crippen LogP contribution in [0.4, 0.5) is 0 Å². The highest BCUT2D eigenvalue weighted by molar-refractivity contribution is 5.34. The van der Waals surface area contributed by atoms with Crippen molar-refractivity contribution in [3.63, 3.8) is 0 Å². The van der Waals surface area contributed by atoms with E-state index in [0.29, 0.717) is 0 Å². The van der Waals surface area contributed by atoms with Crippen molar-refractivity contribution in [3.05, 3.63) is 29.8 Å². The maximum atomic E-state index is 9.01. The molecule has 0 spiro atoms. The summed E-state index contributed by atoms with van der Waals surface area (Å²) in [6.07, 6.45) is 0. The minimum Gasteiger partial charge on any atom is -0.508 e. The van der Waals surface area contributed by atoms with Gasteiger partial charge in [-0.1, -0.05) is 12.1 Å². The number of hydrogen-bond donors (Lipinski definition) is 1. The highest BCUT2D eigenvalue weighted by Gasteiger charge is 2.18. The number of phenols is 1. The van der Waals surface area contributed by atoms with Crippen LogP contribution in [0.3, 0.4) is 0 Å². The Morgan fingerprint density at radius 3 is 2.17 bits per heavy atom. The first-order valence-corrected chi connectivity index (χ1v) is 3.77. The van der Waals surface area contributed by atoms with Crippen LogP contribution in [-0.4, -0.2) is 5.11 Å². The van der Waals surface area contributed by atoms with Crippen LogP contribution in [0, 0.1) is 11.3 Å². The van der Waals surface area contributed by atoms with E-state index in [-0.39, 0.29) is 5.75 Å². The predicted molar refractivity (Wildman–Crippen MR) is 46.7 cm³/mol. The molecule has 0 radical (unpaired) electrons. The maximum Gasteiger partial charge on any atom is 0.115 e. The average molecular weight is 161 g/mol. The Bertz CT molecular complexity index is 306. The smallest absolute Gasteiger partial charge is 0.115 e. The molecule has 0 atom stereocenters. The molecule has 0 unspecified atom stereocenters. The van der Waals surface area contributed by atoms with Gasteiger partial charge in [0.1, 0.15) is 5.75 Å². The predicted octanol–water partition coefficient (Wildman–Crippen LogP) is 2.19. The molecule has 0 saturated heterocycles. The molecule has 1 aromatic rings. The number of nitrogens with zero attached hydrogens (tertiary/aromatic N) is 1. The fourth-order valence-electron chi connectivity index (χ4n) is 0.943. The molecule has 1 rings (SSSR count). The van der Waals surface area contributed by atoms with E-state index in [1.807, 2.05) is 13.8 Å². The third-order valence-electron chi connectivity index (χ3n) is 1.87. The van der Waals surface area contributed by atoms with Crippen molar-refractivity contribution < 1.29 is 5.11 Å². The summed E-state index contributed by atoms with van der Waals surface area (Å²) in [5.74, 6) is 0.229. The topological polar surface area (TPSA) is 44.0 Å². The lowest BCUT2D eigenvalue weighted by Gasteiger charge is -2.14. The minimum absolute atomic E-state index is 0.229. The standard InChI is InChI=1S/C10H11NO/c1-10(2,7-11)8-3-5-9(12)6-4-8/h3-6,12H,1-2H3. The monoisotopic (exact) mass is 161 g/mol. The first-order valence-electron chi connectivity index (χ1n) is 3.77. The van der Waals surface area contributed by atoms with E-state index in [4.69, 9.17) is 10.4 Å². The van der Waals surface area contributed by atoms with Crippen LogP contribution in [-0.2, 0) is 5.41 Å². The molecule has 0 fully saturated rings. The van der Waals surface area contributed by atoms with E-state index in [2.05, 4.69) is 6.07 Å². The average Bonchev–Trinajstić information content (AvgIpc) is 2.05. The Kier molecular flexibility index (Phi) is 2.05. The summed E-state index contributed by atoms with van der Waals surface area (Å²) in [6.45, 7) is 3.69. The van der Waals surface area contributed by atoms with Crippen LogP contribution in [0.25, 0.3) is 0 Å². The molecule has 2 heteroatoms. The van der Waals surface area contributed by atoms with Crippen molar-refractivity contribution in [3.8, 4) is 11.8 Å². The van der Waals surface area contributed by atoms with Gasteiger partial charge < -0.3 is 5.11 Å². The number of aromatic hydroxyl groups is 1. The normalized spacial score (nSPS) is 10.8. The lowest BCUT2D eigenvalue weighted by Crippen LogP contribution is -2.13. The Labute approximate surface area is 72.1 Å². The number of rotatable bonds is 1. The Morgan fingerprint density at radius 1 is 1.25 bits per heavy atom. The molecule has 1 N–H and O–H groups in total. The van der Waals surface area contributed by atoms with Gasteiger partial charge >= 0.3 is 0 Å². The Morgan fingerprint density at radius 2 is 1.75 bits per heavy atom. The second-order valence-electron chi connectivity index (χ2n) is 3.28. The lowest BCUT2D eigenvalue weighted by molar-refractivity contribution is 0.474. The van der Waals surface area contributed by atoms with Crippen LogP contribution in [0.1, 0.15) is 19.4 Å². The van der Waals surface area contributed by atoms with Gasteiger partial charge in [0.15, 0.2) is 0 Å². The zero-order chi connectivity index (χ0) is 9.19. The molecule has 0 saturated carbocycles. The Balaban J connectivity index is 3.07. The van der Waals surface area contributed by atoms with Crippen molar-refractivity contribution in [1.82, 2.24) is 0 Å². The highest BCUT2D eigenvalue weighted by atomic mass is 16.3. The van der Waals surface area contributed by atoms with E-state index < -0.39 is 5.41 Å². The molecule has 0 bridgehead atoms. The zero-order valence-corrected chi connectivity index (χ0v) is 7.20. The fourth-order valence-corrected chi connectivity index (χ4v) is 0.943. The second-order valence-corrected chi connectivity index (χ2v) is 3.28. The summed E-state index contributed by atoms with van der Waals surface area (Å²) in [4.78, 5) is 0.